The second-order valence-electron chi connectivity index (χ2n) is 6.61. The number of carbonyl (C=O) groups excluding carboxylic acids is 1. The van der Waals surface area contributed by atoms with E-state index >= 15 is 0 Å². The molecule has 6 heteroatoms. The molecule has 1 unspecified atom stereocenters. The number of fused-ring (bicyclic) bond motifs is 3. The van der Waals surface area contributed by atoms with Crippen LogP contribution in [0.1, 0.15) is 35.0 Å². The largest absolute Gasteiger partial charge is 0.412 e. The lowest BCUT2D eigenvalue weighted by atomic mass is 9.93. The zero-order chi connectivity index (χ0) is 18.3. The quantitative estimate of drug-likeness (QED) is 0.738. The summed E-state index contributed by atoms with van der Waals surface area (Å²) in [7, 11) is 1.56. The summed E-state index contributed by atoms with van der Waals surface area (Å²) in [5.41, 5.74) is 6.07. The molecule has 0 saturated heterocycles. The number of benzene rings is 1. The van der Waals surface area contributed by atoms with E-state index in [9.17, 15) is 4.79 Å². The van der Waals surface area contributed by atoms with Gasteiger partial charge in [0.05, 0.1) is 23.6 Å². The van der Waals surface area contributed by atoms with Crippen LogP contribution in [0.5, 0.6) is 5.75 Å². The minimum atomic E-state index is -0.466. The Morgan fingerprint density at radius 3 is 2.81 bits per heavy atom. The fourth-order valence-corrected chi connectivity index (χ4v) is 3.52. The standard InChI is InChI=1S/C20H22N4O2/c1-12-13(2)24-11-17(26-20(25)21-3)15-9-10-16(14-7-5-4-6-8-14)23-18(15)19(24)22-12/h4-8,11,16,23H,9-10H2,1-3H3,(H,21,25). The van der Waals surface area contributed by atoms with E-state index in [1.54, 1.807) is 7.05 Å². The van der Waals surface area contributed by atoms with Crippen molar-refractivity contribution >= 4 is 17.4 Å². The summed E-state index contributed by atoms with van der Waals surface area (Å²) in [4.78, 5) is 16.5. The van der Waals surface area contributed by atoms with Crippen LogP contribution in [0.3, 0.4) is 0 Å². The molecule has 0 saturated carbocycles. The van der Waals surface area contributed by atoms with E-state index in [4.69, 9.17) is 9.72 Å². The lowest BCUT2D eigenvalue weighted by Gasteiger charge is -2.29. The first-order chi connectivity index (χ1) is 12.6. The second kappa shape index (κ2) is 6.37. The molecule has 3 heterocycles. The number of amides is 1. The number of pyridine rings is 1. The lowest BCUT2D eigenvalue weighted by Crippen LogP contribution is -2.25. The van der Waals surface area contributed by atoms with Crippen molar-refractivity contribution in [3.05, 3.63) is 59.0 Å². The monoisotopic (exact) mass is 350 g/mol. The number of hydrogen-bond acceptors (Lipinski definition) is 4. The number of rotatable bonds is 2. The molecule has 0 aliphatic carbocycles. The summed E-state index contributed by atoms with van der Waals surface area (Å²) < 4.78 is 7.53. The topological polar surface area (TPSA) is 67.7 Å². The Balaban J connectivity index is 1.84. The van der Waals surface area contributed by atoms with Crippen LogP contribution in [-0.2, 0) is 6.42 Å². The maximum absolute atomic E-state index is 11.8. The molecule has 0 radical (unpaired) electrons. The third-order valence-corrected chi connectivity index (χ3v) is 5.07. The Morgan fingerprint density at radius 2 is 2.08 bits per heavy atom. The van der Waals surface area contributed by atoms with Crippen LogP contribution < -0.4 is 15.4 Å². The molecular formula is C20H22N4O2. The highest BCUT2D eigenvalue weighted by Crippen LogP contribution is 2.40. The summed E-state index contributed by atoms with van der Waals surface area (Å²) >= 11 is 0. The number of nitrogens with zero attached hydrogens (tertiary/aromatic N) is 2. The van der Waals surface area contributed by atoms with Crippen LogP contribution in [0.4, 0.5) is 10.5 Å². The van der Waals surface area contributed by atoms with Crippen molar-refractivity contribution in [2.45, 2.75) is 32.7 Å². The van der Waals surface area contributed by atoms with Crippen molar-refractivity contribution in [2.24, 2.45) is 0 Å². The van der Waals surface area contributed by atoms with E-state index in [1.165, 1.54) is 5.56 Å². The average Bonchev–Trinajstić information content (AvgIpc) is 2.96. The van der Waals surface area contributed by atoms with Gasteiger partial charge in [0.1, 0.15) is 0 Å². The van der Waals surface area contributed by atoms with Gasteiger partial charge in [-0.15, -0.1) is 0 Å². The van der Waals surface area contributed by atoms with E-state index in [2.05, 4.69) is 34.9 Å². The smallest absolute Gasteiger partial charge is 0.408 e. The number of anilines is 1. The third-order valence-electron chi connectivity index (χ3n) is 5.07. The van der Waals surface area contributed by atoms with Crippen LogP contribution in [0.2, 0.25) is 0 Å². The van der Waals surface area contributed by atoms with E-state index in [0.29, 0.717) is 5.75 Å². The number of nitrogens with one attached hydrogen (secondary N) is 2. The molecule has 134 valence electrons. The first-order valence-electron chi connectivity index (χ1n) is 8.80. The summed E-state index contributed by atoms with van der Waals surface area (Å²) in [6.45, 7) is 4.01. The fraction of sp³-hybridized carbons (Fsp3) is 0.300. The summed E-state index contributed by atoms with van der Waals surface area (Å²) in [5, 5.41) is 6.15. The minimum Gasteiger partial charge on any atom is -0.408 e. The zero-order valence-electron chi connectivity index (χ0n) is 15.2. The van der Waals surface area contributed by atoms with Gasteiger partial charge in [-0.3, -0.25) is 4.40 Å². The van der Waals surface area contributed by atoms with Gasteiger partial charge in [-0.25, -0.2) is 9.78 Å². The number of aromatic nitrogens is 2. The SMILES string of the molecule is CNC(=O)Oc1cn2c(C)c(C)nc2c2c1CCC(c1ccccc1)N2. The van der Waals surface area contributed by atoms with Gasteiger partial charge >= 0.3 is 6.09 Å². The van der Waals surface area contributed by atoms with Gasteiger partial charge in [-0.1, -0.05) is 30.3 Å². The normalized spacial score (nSPS) is 16.0. The van der Waals surface area contributed by atoms with Gasteiger partial charge in [0.25, 0.3) is 0 Å². The van der Waals surface area contributed by atoms with Crippen molar-refractivity contribution in [3.8, 4) is 5.75 Å². The van der Waals surface area contributed by atoms with E-state index in [1.807, 2.05) is 30.5 Å². The molecule has 3 aromatic rings. The molecular weight excluding hydrogens is 328 g/mol. The number of hydrogen-bond donors (Lipinski definition) is 2. The molecule has 1 aliphatic rings. The maximum atomic E-state index is 11.8. The van der Waals surface area contributed by atoms with Gasteiger partial charge in [0.2, 0.25) is 0 Å². The van der Waals surface area contributed by atoms with Crippen LogP contribution in [0, 0.1) is 13.8 Å². The number of carbonyl (C=O) groups is 1. The molecule has 0 fully saturated rings. The second-order valence-corrected chi connectivity index (χ2v) is 6.61. The van der Waals surface area contributed by atoms with Crippen molar-refractivity contribution in [3.63, 3.8) is 0 Å². The molecule has 1 amide bonds. The van der Waals surface area contributed by atoms with Crippen molar-refractivity contribution in [1.82, 2.24) is 14.7 Å². The van der Waals surface area contributed by atoms with Crippen LogP contribution in [-0.4, -0.2) is 22.5 Å². The fourth-order valence-electron chi connectivity index (χ4n) is 3.52. The van der Waals surface area contributed by atoms with E-state index in [-0.39, 0.29) is 6.04 Å². The predicted molar refractivity (Wildman–Crippen MR) is 101 cm³/mol. The lowest BCUT2D eigenvalue weighted by molar-refractivity contribution is 0.202. The molecule has 2 N–H and O–H groups in total. The highest BCUT2D eigenvalue weighted by Gasteiger charge is 2.27. The van der Waals surface area contributed by atoms with Gasteiger partial charge < -0.3 is 15.4 Å². The van der Waals surface area contributed by atoms with Crippen LogP contribution >= 0.6 is 0 Å². The summed E-state index contributed by atoms with van der Waals surface area (Å²) in [6.07, 6.45) is 3.14. The molecule has 1 aliphatic heterocycles. The Labute approximate surface area is 152 Å². The van der Waals surface area contributed by atoms with Gasteiger partial charge in [-0.05, 0) is 32.3 Å². The number of imidazole rings is 1. The predicted octanol–water partition coefficient (Wildman–Crippen LogP) is 3.77. The molecule has 6 nitrogen and oxygen atoms in total. The summed E-state index contributed by atoms with van der Waals surface area (Å²) in [5.74, 6) is 0.575. The maximum Gasteiger partial charge on any atom is 0.412 e. The Morgan fingerprint density at radius 1 is 1.31 bits per heavy atom. The van der Waals surface area contributed by atoms with Crippen molar-refractivity contribution in [2.75, 3.05) is 12.4 Å². The molecule has 4 rings (SSSR count). The van der Waals surface area contributed by atoms with Crippen LogP contribution in [0.25, 0.3) is 5.65 Å². The van der Waals surface area contributed by atoms with Gasteiger partial charge in [-0.2, -0.15) is 0 Å². The Hall–Kier alpha value is -3.02. The third kappa shape index (κ3) is 2.67. The molecule has 2 aromatic heterocycles. The molecule has 0 spiro atoms. The highest BCUT2D eigenvalue weighted by molar-refractivity contribution is 5.79. The first kappa shape index (κ1) is 16.4. The highest BCUT2D eigenvalue weighted by atomic mass is 16.6. The average molecular weight is 350 g/mol. The molecule has 1 aromatic carbocycles. The molecule has 26 heavy (non-hydrogen) atoms. The Kier molecular flexibility index (Phi) is 4.03. The molecule has 0 bridgehead atoms. The van der Waals surface area contributed by atoms with Crippen LogP contribution in [0.15, 0.2) is 36.5 Å². The van der Waals surface area contributed by atoms with Crippen molar-refractivity contribution in [1.29, 1.82) is 0 Å². The van der Waals surface area contributed by atoms with Gasteiger partial charge in [0, 0.05) is 18.3 Å². The van der Waals surface area contributed by atoms with E-state index in [0.717, 1.165) is 41.1 Å². The van der Waals surface area contributed by atoms with E-state index < -0.39 is 6.09 Å². The number of aryl methyl sites for hydroxylation is 2. The minimum absolute atomic E-state index is 0.208. The van der Waals surface area contributed by atoms with Gasteiger partial charge in [0.15, 0.2) is 11.4 Å². The summed E-state index contributed by atoms with van der Waals surface area (Å²) in [6, 6.07) is 10.6. The first-order valence-corrected chi connectivity index (χ1v) is 8.80. The Bertz CT molecular complexity index is 979. The zero-order valence-corrected chi connectivity index (χ0v) is 15.2. The van der Waals surface area contributed by atoms with Crippen molar-refractivity contribution < 1.29 is 9.53 Å². The number of ether oxygens (including phenoxy) is 1. The molecule has 1 atom stereocenters.